The molecule has 1 fully saturated rings. The fraction of sp³-hybridized carbons (Fsp3) is 0.600. The van der Waals surface area contributed by atoms with Crippen LogP contribution in [0.3, 0.4) is 0 Å². The molecule has 0 saturated carbocycles. The van der Waals surface area contributed by atoms with Crippen molar-refractivity contribution in [1.29, 1.82) is 0 Å². The second kappa shape index (κ2) is 6.18. The van der Waals surface area contributed by atoms with Gasteiger partial charge in [-0.1, -0.05) is 30.3 Å². The summed E-state index contributed by atoms with van der Waals surface area (Å²) in [6, 6.07) is 10.7. The van der Waals surface area contributed by atoms with Crippen molar-refractivity contribution in [3.63, 3.8) is 0 Å². The van der Waals surface area contributed by atoms with E-state index in [0.29, 0.717) is 5.92 Å². The van der Waals surface area contributed by atoms with Gasteiger partial charge in [-0.2, -0.15) is 0 Å². The summed E-state index contributed by atoms with van der Waals surface area (Å²) in [6.07, 6.45) is 3.39. The molecule has 1 N–H and O–H groups in total. The van der Waals surface area contributed by atoms with Crippen LogP contribution in [0.4, 0.5) is 0 Å². The molecule has 1 aliphatic heterocycles. The molecule has 1 aliphatic rings. The zero-order valence-corrected chi connectivity index (χ0v) is 10.7. The van der Waals surface area contributed by atoms with Crippen LogP contribution >= 0.6 is 0 Å². The molecule has 2 unspecified atom stereocenters. The molecular weight excluding hydrogens is 210 g/mol. The molecule has 94 valence electrons. The summed E-state index contributed by atoms with van der Waals surface area (Å²) in [7, 11) is 0. The van der Waals surface area contributed by atoms with Gasteiger partial charge in [0.2, 0.25) is 0 Å². The highest BCUT2D eigenvalue weighted by molar-refractivity contribution is 5.14. The van der Waals surface area contributed by atoms with Crippen molar-refractivity contribution in [3.8, 4) is 0 Å². The van der Waals surface area contributed by atoms with Gasteiger partial charge in [-0.15, -0.1) is 0 Å². The van der Waals surface area contributed by atoms with Crippen LogP contribution in [0.25, 0.3) is 0 Å². The van der Waals surface area contributed by atoms with Crippen molar-refractivity contribution >= 4 is 0 Å². The SMILES string of the molecule is CC(O)C1CCN(CCCc2ccccc2)C1. The first-order valence-electron chi connectivity index (χ1n) is 6.70. The third-order valence-electron chi connectivity index (χ3n) is 3.77. The maximum Gasteiger partial charge on any atom is 0.0552 e. The first-order chi connectivity index (χ1) is 8.25. The minimum atomic E-state index is -0.144. The van der Waals surface area contributed by atoms with Gasteiger partial charge in [0.25, 0.3) is 0 Å². The lowest BCUT2D eigenvalue weighted by atomic mass is 10.0. The Balaban J connectivity index is 1.67. The maximum absolute atomic E-state index is 9.55. The summed E-state index contributed by atoms with van der Waals surface area (Å²) < 4.78 is 0. The normalized spacial score (nSPS) is 22.8. The fourth-order valence-corrected chi connectivity index (χ4v) is 2.61. The summed E-state index contributed by atoms with van der Waals surface area (Å²) >= 11 is 0. The Morgan fingerprint density at radius 1 is 1.35 bits per heavy atom. The average Bonchev–Trinajstić information content (AvgIpc) is 2.79. The number of hydrogen-bond donors (Lipinski definition) is 1. The van der Waals surface area contributed by atoms with Gasteiger partial charge in [0, 0.05) is 6.54 Å². The lowest BCUT2D eigenvalue weighted by molar-refractivity contribution is 0.127. The molecule has 2 nitrogen and oxygen atoms in total. The standard InChI is InChI=1S/C15H23NO/c1-13(17)15-9-11-16(12-15)10-5-8-14-6-3-2-4-7-14/h2-4,6-7,13,15,17H,5,8-12H2,1H3. The molecule has 0 aromatic heterocycles. The van der Waals surface area contributed by atoms with Gasteiger partial charge in [-0.3, -0.25) is 0 Å². The van der Waals surface area contributed by atoms with Crippen molar-refractivity contribution < 1.29 is 5.11 Å². The lowest BCUT2D eigenvalue weighted by Gasteiger charge is -2.17. The van der Waals surface area contributed by atoms with Crippen LogP contribution in [0.2, 0.25) is 0 Å². The molecule has 0 aliphatic carbocycles. The van der Waals surface area contributed by atoms with E-state index in [4.69, 9.17) is 0 Å². The largest absolute Gasteiger partial charge is 0.393 e. The molecule has 2 rings (SSSR count). The lowest BCUT2D eigenvalue weighted by Crippen LogP contribution is -2.25. The first-order valence-corrected chi connectivity index (χ1v) is 6.70. The van der Waals surface area contributed by atoms with Crippen molar-refractivity contribution in [1.82, 2.24) is 4.90 Å². The second-order valence-electron chi connectivity index (χ2n) is 5.18. The van der Waals surface area contributed by atoms with Crippen LogP contribution in [-0.4, -0.2) is 35.7 Å². The van der Waals surface area contributed by atoms with E-state index in [1.54, 1.807) is 0 Å². The Hall–Kier alpha value is -0.860. The molecule has 2 atom stereocenters. The zero-order chi connectivity index (χ0) is 12.1. The van der Waals surface area contributed by atoms with E-state index in [2.05, 4.69) is 35.2 Å². The number of nitrogens with zero attached hydrogens (tertiary/aromatic N) is 1. The van der Waals surface area contributed by atoms with Crippen LogP contribution in [0.15, 0.2) is 30.3 Å². The third-order valence-corrected chi connectivity index (χ3v) is 3.77. The number of benzene rings is 1. The van der Waals surface area contributed by atoms with E-state index < -0.39 is 0 Å². The Bertz CT molecular complexity index is 323. The summed E-state index contributed by atoms with van der Waals surface area (Å²) in [6.45, 7) is 5.31. The van der Waals surface area contributed by atoms with Gasteiger partial charge >= 0.3 is 0 Å². The quantitative estimate of drug-likeness (QED) is 0.843. The molecule has 1 saturated heterocycles. The van der Waals surface area contributed by atoms with Crippen molar-refractivity contribution in [2.45, 2.75) is 32.3 Å². The highest BCUT2D eigenvalue weighted by Gasteiger charge is 2.25. The Labute approximate surface area is 104 Å². The number of aryl methyl sites for hydroxylation is 1. The Morgan fingerprint density at radius 3 is 2.76 bits per heavy atom. The number of hydrogen-bond acceptors (Lipinski definition) is 2. The summed E-state index contributed by atoms with van der Waals surface area (Å²) in [5, 5.41) is 9.55. The predicted molar refractivity (Wildman–Crippen MR) is 71.0 cm³/mol. The zero-order valence-electron chi connectivity index (χ0n) is 10.7. The van der Waals surface area contributed by atoms with Gasteiger partial charge in [0.1, 0.15) is 0 Å². The van der Waals surface area contributed by atoms with Gasteiger partial charge < -0.3 is 10.0 Å². The van der Waals surface area contributed by atoms with E-state index in [1.807, 2.05) is 6.92 Å². The number of aliphatic hydroxyl groups excluding tert-OH is 1. The Morgan fingerprint density at radius 2 is 2.12 bits per heavy atom. The highest BCUT2D eigenvalue weighted by atomic mass is 16.3. The van der Waals surface area contributed by atoms with Gasteiger partial charge in [0.15, 0.2) is 0 Å². The maximum atomic E-state index is 9.55. The second-order valence-corrected chi connectivity index (χ2v) is 5.18. The molecule has 17 heavy (non-hydrogen) atoms. The minimum Gasteiger partial charge on any atom is -0.393 e. The molecule has 1 heterocycles. The number of aliphatic hydroxyl groups is 1. The summed E-state index contributed by atoms with van der Waals surface area (Å²) in [5.74, 6) is 0.492. The van der Waals surface area contributed by atoms with Crippen LogP contribution in [0.1, 0.15) is 25.3 Å². The van der Waals surface area contributed by atoms with E-state index in [9.17, 15) is 5.11 Å². The molecular formula is C15H23NO. The van der Waals surface area contributed by atoms with Crippen molar-refractivity contribution in [2.75, 3.05) is 19.6 Å². The summed E-state index contributed by atoms with van der Waals surface area (Å²) in [5.41, 5.74) is 1.43. The van der Waals surface area contributed by atoms with E-state index in [-0.39, 0.29) is 6.10 Å². The van der Waals surface area contributed by atoms with Gasteiger partial charge in [-0.25, -0.2) is 0 Å². The topological polar surface area (TPSA) is 23.5 Å². The van der Waals surface area contributed by atoms with E-state index in [0.717, 1.165) is 32.5 Å². The molecule has 0 radical (unpaired) electrons. The van der Waals surface area contributed by atoms with E-state index >= 15 is 0 Å². The molecule has 0 amide bonds. The minimum absolute atomic E-state index is 0.144. The van der Waals surface area contributed by atoms with Crippen LogP contribution in [0.5, 0.6) is 0 Å². The molecule has 0 bridgehead atoms. The van der Waals surface area contributed by atoms with Crippen LogP contribution in [0, 0.1) is 5.92 Å². The van der Waals surface area contributed by atoms with Crippen molar-refractivity contribution in [2.24, 2.45) is 5.92 Å². The van der Waals surface area contributed by atoms with Gasteiger partial charge in [-0.05, 0) is 50.8 Å². The van der Waals surface area contributed by atoms with E-state index in [1.165, 1.54) is 12.0 Å². The first kappa shape index (κ1) is 12.6. The number of rotatable bonds is 5. The summed E-state index contributed by atoms with van der Waals surface area (Å²) in [4.78, 5) is 2.49. The number of likely N-dealkylation sites (tertiary alicyclic amines) is 1. The fourth-order valence-electron chi connectivity index (χ4n) is 2.61. The van der Waals surface area contributed by atoms with Crippen molar-refractivity contribution in [3.05, 3.63) is 35.9 Å². The molecule has 0 spiro atoms. The average molecular weight is 233 g/mol. The Kier molecular flexibility index (Phi) is 4.57. The molecule has 2 heteroatoms. The molecule has 1 aromatic carbocycles. The third kappa shape index (κ3) is 3.83. The van der Waals surface area contributed by atoms with Gasteiger partial charge in [0.05, 0.1) is 6.10 Å². The highest BCUT2D eigenvalue weighted by Crippen LogP contribution is 2.19. The molecule has 1 aromatic rings. The monoisotopic (exact) mass is 233 g/mol. The van der Waals surface area contributed by atoms with Crippen LogP contribution in [-0.2, 0) is 6.42 Å². The smallest absolute Gasteiger partial charge is 0.0552 e. The predicted octanol–water partition coefficient (Wildman–Crippen LogP) is 2.32. The van der Waals surface area contributed by atoms with Crippen LogP contribution < -0.4 is 0 Å².